The van der Waals surface area contributed by atoms with Crippen LogP contribution in [0.5, 0.6) is 0 Å². The average Bonchev–Trinajstić information content (AvgIpc) is 2.74. The maximum Gasteiger partial charge on any atom is 0.169 e. The molecule has 0 aliphatic heterocycles. The summed E-state index contributed by atoms with van der Waals surface area (Å²) in [6.45, 7) is 6.25. The zero-order chi connectivity index (χ0) is 11.8. The van der Waals surface area contributed by atoms with Crippen molar-refractivity contribution < 1.29 is 9.47 Å². The first kappa shape index (κ1) is 14.3. The summed E-state index contributed by atoms with van der Waals surface area (Å²) in [5, 5.41) is 4.39. The first-order valence-corrected chi connectivity index (χ1v) is 7.58. The Morgan fingerprint density at radius 2 is 1.94 bits per heavy atom. The van der Waals surface area contributed by atoms with E-state index in [4.69, 9.17) is 9.47 Å². The minimum absolute atomic E-state index is 0.0803. The van der Waals surface area contributed by atoms with Crippen LogP contribution in [0.4, 0.5) is 0 Å². The second-order valence-electron chi connectivity index (χ2n) is 4.12. The molecule has 0 saturated heterocycles. The lowest BCUT2D eigenvalue weighted by atomic mass is 10.2. The second kappa shape index (κ2) is 8.34. The number of ether oxygens (including phenoxy) is 2. The zero-order valence-electron chi connectivity index (χ0n) is 10.7. The Hall–Kier alpha value is 0.230. The van der Waals surface area contributed by atoms with Gasteiger partial charge in [-0.2, -0.15) is 11.8 Å². The van der Waals surface area contributed by atoms with Gasteiger partial charge in [0.05, 0.1) is 0 Å². The lowest BCUT2D eigenvalue weighted by Crippen LogP contribution is -2.37. The van der Waals surface area contributed by atoms with Gasteiger partial charge < -0.3 is 14.8 Å². The molecule has 0 aromatic heterocycles. The molecule has 1 saturated carbocycles. The fourth-order valence-electron chi connectivity index (χ4n) is 2.14. The van der Waals surface area contributed by atoms with E-state index >= 15 is 0 Å². The highest BCUT2D eigenvalue weighted by molar-refractivity contribution is 7.99. The molecule has 96 valence electrons. The third kappa shape index (κ3) is 5.04. The molecular formula is C12H25NO2S. The van der Waals surface area contributed by atoms with Gasteiger partial charge in [-0.3, -0.25) is 0 Å². The molecule has 1 aliphatic rings. The number of thioether (sulfide) groups is 1. The van der Waals surface area contributed by atoms with E-state index in [1.807, 2.05) is 25.6 Å². The quantitative estimate of drug-likeness (QED) is 0.667. The molecule has 3 nitrogen and oxygen atoms in total. The Morgan fingerprint density at radius 3 is 2.44 bits per heavy atom. The predicted molar refractivity (Wildman–Crippen MR) is 70.0 cm³/mol. The van der Waals surface area contributed by atoms with Crippen molar-refractivity contribution in [1.29, 1.82) is 0 Å². The molecule has 0 heterocycles. The molecule has 4 heteroatoms. The molecule has 2 atom stereocenters. The van der Waals surface area contributed by atoms with Crippen LogP contribution in [0, 0.1) is 0 Å². The van der Waals surface area contributed by atoms with Gasteiger partial charge in [0.1, 0.15) is 0 Å². The number of nitrogens with one attached hydrogen (secondary N) is 1. The summed E-state index contributed by atoms with van der Waals surface area (Å²) in [4.78, 5) is 0. The largest absolute Gasteiger partial charge is 0.352 e. The highest BCUT2D eigenvalue weighted by atomic mass is 32.2. The SMILES string of the molecule is CCOC(CNC1CCC(SC)C1)OCC. The first-order chi connectivity index (χ1) is 7.80. The standard InChI is InChI=1S/C12H25NO2S/c1-4-14-12(15-5-2)9-13-10-6-7-11(8-10)16-3/h10-13H,4-9H2,1-3H3. The van der Waals surface area contributed by atoms with Crippen molar-refractivity contribution in [2.75, 3.05) is 26.0 Å². The normalized spacial score (nSPS) is 25.5. The summed E-state index contributed by atoms with van der Waals surface area (Å²) in [7, 11) is 0. The molecule has 1 fully saturated rings. The summed E-state index contributed by atoms with van der Waals surface area (Å²) in [5.41, 5.74) is 0. The number of hydrogen-bond acceptors (Lipinski definition) is 4. The van der Waals surface area contributed by atoms with Crippen molar-refractivity contribution in [2.24, 2.45) is 0 Å². The smallest absolute Gasteiger partial charge is 0.169 e. The molecule has 0 aromatic rings. The van der Waals surface area contributed by atoms with Crippen molar-refractivity contribution in [2.45, 2.75) is 50.7 Å². The van der Waals surface area contributed by atoms with E-state index in [1.165, 1.54) is 19.3 Å². The van der Waals surface area contributed by atoms with E-state index in [2.05, 4.69) is 11.6 Å². The van der Waals surface area contributed by atoms with Gasteiger partial charge in [-0.15, -0.1) is 0 Å². The fraction of sp³-hybridized carbons (Fsp3) is 1.00. The van der Waals surface area contributed by atoms with Crippen LogP contribution >= 0.6 is 11.8 Å². The van der Waals surface area contributed by atoms with Gasteiger partial charge in [0.25, 0.3) is 0 Å². The first-order valence-electron chi connectivity index (χ1n) is 6.29. The number of hydrogen-bond donors (Lipinski definition) is 1. The summed E-state index contributed by atoms with van der Waals surface area (Å²) in [6, 6.07) is 0.654. The molecule has 1 aliphatic carbocycles. The zero-order valence-corrected chi connectivity index (χ0v) is 11.5. The summed E-state index contributed by atoms with van der Waals surface area (Å²) in [5.74, 6) is 0. The molecule has 0 spiro atoms. The molecule has 1 rings (SSSR count). The summed E-state index contributed by atoms with van der Waals surface area (Å²) in [6.07, 6.45) is 6.04. The molecule has 0 amide bonds. The predicted octanol–water partition coefficient (Wildman–Crippen LogP) is 2.26. The van der Waals surface area contributed by atoms with Crippen LogP contribution in [0.1, 0.15) is 33.1 Å². The van der Waals surface area contributed by atoms with Gasteiger partial charge in [0.2, 0.25) is 0 Å². The van der Waals surface area contributed by atoms with E-state index < -0.39 is 0 Å². The third-order valence-electron chi connectivity index (χ3n) is 3.00. The van der Waals surface area contributed by atoms with E-state index in [-0.39, 0.29) is 6.29 Å². The van der Waals surface area contributed by atoms with E-state index in [9.17, 15) is 0 Å². The van der Waals surface area contributed by atoms with Gasteiger partial charge in [-0.05, 0) is 39.4 Å². The van der Waals surface area contributed by atoms with Crippen LogP contribution in [-0.2, 0) is 9.47 Å². The lowest BCUT2D eigenvalue weighted by molar-refractivity contribution is -0.133. The highest BCUT2D eigenvalue weighted by Crippen LogP contribution is 2.28. The molecule has 0 aromatic carbocycles. The maximum atomic E-state index is 5.51. The molecule has 0 bridgehead atoms. The van der Waals surface area contributed by atoms with Crippen molar-refractivity contribution in [3.05, 3.63) is 0 Å². The van der Waals surface area contributed by atoms with Gasteiger partial charge in [-0.25, -0.2) is 0 Å². The van der Waals surface area contributed by atoms with Crippen LogP contribution in [0.2, 0.25) is 0 Å². The van der Waals surface area contributed by atoms with Crippen LogP contribution in [0.3, 0.4) is 0 Å². The third-order valence-corrected chi connectivity index (χ3v) is 4.09. The molecule has 0 radical (unpaired) electrons. The Kier molecular flexibility index (Phi) is 7.45. The van der Waals surface area contributed by atoms with Gasteiger partial charge in [0, 0.05) is 31.1 Å². The van der Waals surface area contributed by atoms with Crippen molar-refractivity contribution in [3.8, 4) is 0 Å². The molecule has 16 heavy (non-hydrogen) atoms. The van der Waals surface area contributed by atoms with E-state index in [0.717, 1.165) is 11.8 Å². The molecule has 1 N–H and O–H groups in total. The van der Waals surface area contributed by atoms with Crippen LogP contribution in [0.15, 0.2) is 0 Å². The monoisotopic (exact) mass is 247 g/mol. The second-order valence-corrected chi connectivity index (χ2v) is 5.25. The summed E-state index contributed by atoms with van der Waals surface area (Å²) >= 11 is 1.99. The lowest BCUT2D eigenvalue weighted by Gasteiger charge is -2.20. The Morgan fingerprint density at radius 1 is 1.25 bits per heavy atom. The number of rotatable bonds is 8. The van der Waals surface area contributed by atoms with E-state index in [0.29, 0.717) is 19.3 Å². The van der Waals surface area contributed by atoms with Gasteiger partial charge in [0.15, 0.2) is 6.29 Å². The maximum absolute atomic E-state index is 5.51. The van der Waals surface area contributed by atoms with Crippen LogP contribution in [-0.4, -0.2) is 43.6 Å². The summed E-state index contributed by atoms with van der Waals surface area (Å²) < 4.78 is 11.0. The Bertz CT molecular complexity index is 174. The Labute approximate surface area is 104 Å². The fourth-order valence-corrected chi connectivity index (χ4v) is 2.94. The topological polar surface area (TPSA) is 30.5 Å². The Balaban J connectivity index is 2.16. The van der Waals surface area contributed by atoms with Crippen LogP contribution in [0.25, 0.3) is 0 Å². The minimum Gasteiger partial charge on any atom is -0.352 e. The highest BCUT2D eigenvalue weighted by Gasteiger charge is 2.24. The van der Waals surface area contributed by atoms with E-state index in [1.54, 1.807) is 0 Å². The molecule has 2 unspecified atom stereocenters. The van der Waals surface area contributed by atoms with Gasteiger partial charge >= 0.3 is 0 Å². The van der Waals surface area contributed by atoms with Crippen molar-refractivity contribution >= 4 is 11.8 Å². The van der Waals surface area contributed by atoms with Crippen molar-refractivity contribution in [1.82, 2.24) is 5.32 Å². The van der Waals surface area contributed by atoms with Crippen molar-refractivity contribution in [3.63, 3.8) is 0 Å². The minimum atomic E-state index is -0.0803. The van der Waals surface area contributed by atoms with Gasteiger partial charge in [-0.1, -0.05) is 0 Å². The molecular weight excluding hydrogens is 222 g/mol. The average molecular weight is 247 g/mol. The van der Waals surface area contributed by atoms with Crippen LogP contribution < -0.4 is 5.32 Å².